The summed E-state index contributed by atoms with van der Waals surface area (Å²) < 4.78 is 0. The highest BCUT2D eigenvalue weighted by molar-refractivity contribution is 5.47. The molecule has 0 radical (unpaired) electrons. The Morgan fingerprint density at radius 2 is 1.27 bits per heavy atom. The van der Waals surface area contributed by atoms with Gasteiger partial charge in [-0.05, 0) is 60.6 Å². The summed E-state index contributed by atoms with van der Waals surface area (Å²) >= 11 is 0. The van der Waals surface area contributed by atoms with E-state index in [1.165, 1.54) is 87.3 Å². The van der Waals surface area contributed by atoms with Crippen molar-refractivity contribution in [3.8, 4) is 5.75 Å². The maximum Gasteiger partial charge on any atom is 0.122 e. The Hall–Kier alpha value is -0.980. The summed E-state index contributed by atoms with van der Waals surface area (Å²) in [6.07, 6.45) is 15.5. The zero-order valence-electron chi connectivity index (χ0n) is 14.2. The molecule has 122 valence electrons. The summed E-state index contributed by atoms with van der Waals surface area (Å²) in [6, 6.07) is 4.67. The average molecular weight is 300 g/mol. The highest BCUT2D eigenvalue weighted by atomic mass is 16.3. The Morgan fingerprint density at radius 1 is 0.818 bits per heavy atom. The van der Waals surface area contributed by atoms with E-state index in [0.717, 1.165) is 6.42 Å². The van der Waals surface area contributed by atoms with Gasteiger partial charge in [-0.15, -0.1) is 0 Å². The van der Waals surface area contributed by atoms with Crippen LogP contribution in [-0.4, -0.2) is 5.11 Å². The van der Waals surface area contributed by atoms with E-state index in [-0.39, 0.29) is 0 Å². The summed E-state index contributed by atoms with van der Waals surface area (Å²) in [4.78, 5) is 0. The fourth-order valence-electron chi connectivity index (χ4n) is 4.63. The Balaban J connectivity index is 1.94. The van der Waals surface area contributed by atoms with Crippen LogP contribution in [0.3, 0.4) is 0 Å². The quantitative estimate of drug-likeness (QED) is 0.678. The van der Waals surface area contributed by atoms with Crippen molar-refractivity contribution in [2.24, 2.45) is 0 Å². The highest BCUT2D eigenvalue weighted by Crippen LogP contribution is 2.44. The largest absolute Gasteiger partial charge is 0.507 e. The van der Waals surface area contributed by atoms with Gasteiger partial charge in [0.1, 0.15) is 5.75 Å². The maximum atomic E-state index is 11.0. The number of hydrogen-bond donors (Lipinski definition) is 1. The third kappa shape index (κ3) is 3.50. The maximum absolute atomic E-state index is 11.0. The lowest BCUT2D eigenvalue weighted by molar-refractivity contribution is 0.392. The van der Waals surface area contributed by atoms with Crippen LogP contribution in [0, 0.1) is 0 Å². The first-order valence-electron chi connectivity index (χ1n) is 9.65. The molecule has 0 unspecified atom stereocenters. The van der Waals surface area contributed by atoms with Crippen molar-refractivity contribution in [3.63, 3.8) is 0 Å². The minimum absolute atomic E-state index is 0.605. The van der Waals surface area contributed by atoms with E-state index >= 15 is 0 Å². The zero-order chi connectivity index (χ0) is 15.4. The number of aromatic hydroxyl groups is 1. The third-order valence-corrected chi connectivity index (χ3v) is 5.86. The molecule has 2 aliphatic carbocycles. The Labute approximate surface area is 136 Å². The summed E-state index contributed by atoms with van der Waals surface area (Å²) in [7, 11) is 0. The fourth-order valence-corrected chi connectivity index (χ4v) is 4.63. The van der Waals surface area contributed by atoms with Gasteiger partial charge in [0.15, 0.2) is 0 Å². The fraction of sp³-hybridized carbons (Fsp3) is 0.714. The summed E-state index contributed by atoms with van der Waals surface area (Å²) in [5, 5.41) is 11.0. The first-order valence-corrected chi connectivity index (χ1v) is 9.65. The predicted molar refractivity (Wildman–Crippen MR) is 93.8 cm³/mol. The predicted octanol–water partition coefficient (Wildman–Crippen LogP) is 6.44. The van der Waals surface area contributed by atoms with Gasteiger partial charge in [-0.2, -0.15) is 0 Å². The summed E-state index contributed by atoms with van der Waals surface area (Å²) in [6.45, 7) is 2.26. The molecule has 22 heavy (non-hydrogen) atoms. The Kier molecular flexibility index (Phi) is 5.44. The summed E-state index contributed by atoms with van der Waals surface area (Å²) in [5.41, 5.74) is 4.03. The smallest absolute Gasteiger partial charge is 0.122 e. The van der Waals surface area contributed by atoms with Crippen molar-refractivity contribution < 1.29 is 5.11 Å². The molecule has 2 saturated carbocycles. The number of aryl methyl sites for hydroxylation is 1. The molecule has 0 amide bonds. The van der Waals surface area contributed by atoms with Crippen LogP contribution >= 0.6 is 0 Å². The normalized spacial score (nSPS) is 21.1. The number of phenolic OH excluding ortho intramolecular Hbond substituents is 1. The summed E-state index contributed by atoms with van der Waals surface area (Å²) in [5.74, 6) is 1.87. The molecule has 2 aliphatic rings. The van der Waals surface area contributed by atoms with Gasteiger partial charge in [0.05, 0.1) is 0 Å². The third-order valence-electron chi connectivity index (χ3n) is 5.86. The van der Waals surface area contributed by atoms with E-state index < -0.39 is 0 Å². The Bertz CT molecular complexity index is 440. The Morgan fingerprint density at radius 3 is 1.68 bits per heavy atom. The van der Waals surface area contributed by atoms with Crippen molar-refractivity contribution >= 4 is 0 Å². The molecule has 0 saturated heterocycles. The number of phenols is 1. The van der Waals surface area contributed by atoms with Crippen LogP contribution in [0.1, 0.15) is 106 Å². The van der Waals surface area contributed by atoms with E-state index in [2.05, 4.69) is 19.1 Å². The van der Waals surface area contributed by atoms with Crippen LogP contribution in [0.4, 0.5) is 0 Å². The molecule has 1 N–H and O–H groups in total. The van der Waals surface area contributed by atoms with Crippen LogP contribution < -0.4 is 0 Å². The first-order chi connectivity index (χ1) is 10.8. The molecule has 1 aromatic carbocycles. The molecular formula is C21H32O. The minimum atomic E-state index is 0.605. The highest BCUT2D eigenvalue weighted by Gasteiger charge is 2.25. The topological polar surface area (TPSA) is 20.2 Å². The molecule has 1 heteroatoms. The molecule has 0 spiro atoms. The lowest BCUT2D eigenvalue weighted by atomic mass is 9.78. The molecule has 3 rings (SSSR count). The average Bonchev–Trinajstić information content (AvgIpc) is 2.58. The van der Waals surface area contributed by atoms with Crippen LogP contribution in [0.2, 0.25) is 0 Å². The van der Waals surface area contributed by atoms with Gasteiger partial charge in [0.2, 0.25) is 0 Å². The molecule has 0 atom stereocenters. The zero-order valence-corrected chi connectivity index (χ0v) is 14.2. The standard InChI is InChI=1S/C21H32O/c1-2-9-16-14-19(17-10-5-3-6-11-17)21(22)20(15-16)18-12-7-4-8-13-18/h14-15,17-18,22H,2-13H2,1H3. The molecule has 1 nitrogen and oxygen atoms in total. The van der Waals surface area contributed by atoms with E-state index in [0.29, 0.717) is 17.6 Å². The molecular weight excluding hydrogens is 268 g/mol. The van der Waals surface area contributed by atoms with Crippen molar-refractivity contribution in [2.75, 3.05) is 0 Å². The molecule has 2 fully saturated rings. The number of rotatable bonds is 4. The van der Waals surface area contributed by atoms with Crippen LogP contribution in [0.25, 0.3) is 0 Å². The van der Waals surface area contributed by atoms with E-state index in [4.69, 9.17) is 0 Å². The van der Waals surface area contributed by atoms with Crippen LogP contribution in [0.15, 0.2) is 12.1 Å². The van der Waals surface area contributed by atoms with Gasteiger partial charge in [-0.3, -0.25) is 0 Å². The lowest BCUT2D eigenvalue weighted by Crippen LogP contribution is -2.10. The second-order valence-corrected chi connectivity index (χ2v) is 7.54. The molecule has 1 aromatic rings. The van der Waals surface area contributed by atoms with Gasteiger partial charge >= 0.3 is 0 Å². The van der Waals surface area contributed by atoms with Crippen molar-refractivity contribution in [2.45, 2.75) is 95.8 Å². The van der Waals surface area contributed by atoms with Gasteiger partial charge in [-0.1, -0.05) is 64.0 Å². The first kappa shape index (κ1) is 15.9. The number of hydrogen-bond acceptors (Lipinski definition) is 1. The van der Waals surface area contributed by atoms with Crippen LogP contribution in [0.5, 0.6) is 5.75 Å². The van der Waals surface area contributed by atoms with E-state index in [9.17, 15) is 5.11 Å². The minimum Gasteiger partial charge on any atom is -0.507 e. The van der Waals surface area contributed by atoms with Gasteiger partial charge in [-0.25, -0.2) is 0 Å². The van der Waals surface area contributed by atoms with Gasteiger partial charge < -0.3 is 5.11 Å². The lowest BCUT2D eigenvalue weighted by Gasteiger charge is -2.28. The van der Waals surface area contributed by atoms with E-state index in [1.54, 1.807) is 0 Å². The molecule has 0 aliphatic heterocycles. The second kappa shape index (κ2) is 7.53. The van der Waals surface area contributed by atoms with Crippen molar-refractivity contribution in [1.82, 2.24) is 0 Å². The van der Waals surface area contributed by atoms with Gasteiger partial charge in [0.25, 0.3) is 0 Å². The van der Waals surface area contributed by atoms with Crippen LogP contribution in [-0.2, 0) is 6.42 Å². The second-order valence-electron chi connectivity index (χ2n) is 7.54. The van der Waals surface area contributed by atoms with Crippen molar-refractivity contribution in [3.05, 3.63) is 28.8 Å². The number of benzene rings is 1. The van der Waals surface area contributed by atoms with E-state index in [1.807, 2.05) is 0 Å². The van der Waals surface area contributed by atoms with Gasteiger partial charge in [0, 0.05) is 0 Å². The SMILES string of the molecule is CCCc1cc(C2CCCCC2)c(O)c(C2CCCCC2)c1. The molecule has 0 heterocycles. The molecule has 0 aromatic heterocycles. The monoisotopic (exact) mass is 300 g/mol. The van der Waals surface area contributed by atoms with Crippen molar-refractivity contribution in [1.29, 1.82) is 0 Å². The molecule has 0 bridgehead atoms.